The average Bonchev–Trinajstić information content (AvgIpc) is 2.44. The Morgan fingerprint density at radius 3 is 2.29 bits per heavy atom. The molecule has 0 unspecified atom stereocenters. The zero-order valence-electron chi connectivity index (χ0n) is 11.2. The molecule has 1 aliphatic rings. The summed E-state index contributed by atoms with van der Waals surface area (Å²) in [6.45, 7) is 0.990. The molecule has 1 aromatic rings. The number of nitrogens with one attached hydrogen (secondary N) is 1. The van der Waals surface area contributed by atoms with Crippen molar-refractivity contribution in [2.75, 3.05) is 24.4 Å². The van der Waals surface area contributed by atoms with E-state index in [4.69, 9.17) is 5.73 Å². The van der Waals surface area contributed by atoms with Gasteiger partial charge in [0.1, 0.15) is 5.82 Å². The number of piperidine rings is 1. The highest BCUT2D eigenvalue weighted by Crippen LogP contribution is 2.23. The molecule has 21 heavy (non-hydrogen) atoms. The minimum Gasteiger partial charge on any atom is -0.330 e. The van der Waals surface area contributed by atoms with Crippen LogP contribution >= 0.6 is 0 Å². The molecule has 0 aliphatic carbocycles. The van der Waals surface area contributed by atoms with Gasteiger partial charge in [0, 0.05) is 25.2 Å². The van der Waals surface area contributed by atoms with E-state index in [2.05, 4.69) is 0 Å². The van der Waals surface area contributed by atoms with Crippen molar-refractivity contribution in [2.24, 2.45) is 11.7 Å². The topological polar surface area (TPSA) is 75.4 Å². The van der Waals surface area contributed by atoms with Gasteiger partial charge in [-0.15, -0.1) is 0 Å². The summed E-state index contributed by atoms with van der Waals surface area (Å²) in [6, 6.07) is 0.780. The maximum Gasteiger partial charge on any atom is 0.301 e. The third kappa shape index (κ3) is 3.66. The summed E-state index contributed by atoms with van der Waals surface area (Å²) in [5.41, 5.74) is 4.91. The molecular weight excluding hydrogens is 307 g/mol. The van der Waals surface area contributed by atoms with Crippen LogP contribution in [-0.4, -0.2) is 32.4 Å². The number of rotatable bonds is 4. The summed E-state index contributed by atoms with van der Waals surface area (Å²) in [7, 11) is -4.01. The third-order valence-electron chi connectivity index (χ3n) is 3.50. The number of anilines is 1. The summed E-state index contributed by atoms with van der Waals surface area (Å²) >= 11 is 0. The van der Waals surface area contributed by atoms with E-state index in [0.717, 1.165) is 4.31 Å². The van der Waals surface area contributed by atoms with Gasteiger partial charge in [-0.25, -0.2) is 13.2 Å². The second-order valence-electron chi connectivity index (χ2n) is 4.93. The van der Waals surface area contributed by atoms with E-state index >= 15 is 0 Å². The molecule has 1 heterocycles. The van der Waals surface area contributed by atoms with E-state index < -0.39 is 33.3 Å². The van der Waals surface area contributed by atoms with E-state index in [1.54, 1.807) is 0 Å². The van der Waals surface area contributed by atoms with Gasteiger partial charge < -0.3 is 5.73 Å². The molecule has 0 radical (unpaired) electrons. The lowest BCUT2D eigenvalue weighted by Gasteiger charge is -2.30. The van der Waals surface area contributed by atoms with Crippen molar-refractivity contribution in [3.8, 4) is 0 Å². The summed E-state index contributed by atoms with van der Waals surface area (Å²) in [5, 5.41) is 0. The first-order valence-corrected chi connectivity index (χ1v) is 7.90. The molecule has 3 N–H and O–H groups in total. The predicted octanol–water partition coefficient (Wildman–Crippen LogP) is 1.43. The van der Waals surface area contributed by atoms with Crippen molar-refractivity contribution in [1.29, 1.82) is 0 Å². The van der Waals surface area contributed by atoms with Crippen molar-refractivity contribution in [1.82, 2.24) is 4.31 Å². The molecule has 0 aromatic heterocycles. The molecule has 9 heteroatoms. The van der Waals surface area contributed by atoms with Crippen LogP contribution in [0.15, 0.2) is 12.1 Å². The van der Waals surface area contributed by atoms with Crippen LogP contribution in [0.3, 0.4) is 0 Å². The summed E-state index contributed by atoms with van der Waals surface area (Å²) in [5.74, 6) is -3.61. The molecular formula is C12H16F3N3O2S. The second-order valence-corrected chi connectivity index (χ2v) is 6.60. The molecule has 1 fully saturated rings. The number of halogens is 3. The molecule has 1 aliphatic heterocycles. The average molecular weight is 323 g/mol. The maximum atomic E-state index is 13.5. The van der Waals surface area contributed by atoms with Crippen LogP contribution in [0.5, 0.6) is 0 Å². The maximum absolute atomic E-state index is 13.5. The van der Waals surface area contributed by atoms with E-state index in [0.29, 0.717) is 31.5 Å². The van der Waals surface area contributed by atoms with Gasteiger partial charge in [-0.05, 0) is 25.3 Å². The van der Waals surface area contributed by atoms with Gasteiger partial charge in [0.25, 0.3) is 0 Å². The molecule has 0 amide bonds. The minimum atomic E-state index is -4.01. The molecule has 0 saturated carbocycles. The molecule has 1 aromatic carbocycles. The lowest BCUT2D eigenvalue weighted by molar-refractivity contribution is 0.280. The van der Waals surface area contributed by atoms with Crippen LogP contribution in [0.4, 0.5) is 18.9 Å². The van der Waals surface area contributed by atoms with E-state index in [1.807, 2.05) is 4.72 Å². The quantitative estimate of drug-likeness (QED) is 0.823. The largest absolute Gasteiger partial charge is 0.330 e. The second kappa shape index (κ2) is 6.20. The number of hydrogen-bond donors (Lipinski definition) is 2. The van der Waals surface area contributed by atoms with E-state index in [-0.39, 0.29) is 19.0 Å². The highest BCUT2D eigenvalue weighted by atomic mass is 32.2. The standard InChI is InChI=1S/C12H16F3N3O2S/c13-9-5-11(15)12(6-10(9)14)17-21(19,20)18-3-1-8(7-16)2-4-18/h5-6,8,17H,1-4,7,16H2. The van der Waals surface area contributed by atoms with Crippen LogP contribution in [0, 0.1) is 23.4 Å². The van der Waals surface area contributed by atoms with Crippen LogP contribution in [0.25, 0.3) is 0 Å². The predicted molar refractivity (Wildman–Crippen MR) is 72.2 cm³/mol. The normalized spacial score (nSPS) is 17.9. The van der Waals surface area contributed by atoms with Gasteiger partial charge in [-0.1, -0.05) is 0 Å². The van der Waals surface area contributed by atoms with Gasteiger partial charge in [-0.3, -0.25) is 4.72 Å². The van der Waals surface area contributed by atoms with Crippen molar-refractivity contribution in [3.63, 3.8) is 0 Å². The van der Waals surface area contributed by atoms with Crippen LogP contribution in [0.2, 0.25) is 0 Å². The first-order chi connectivity index (χ1) is 9.83. The molecule has 2 rings (SSSR count). The summed E-state index contributed by atoms with van der Waals surface area (Å²) < 4.78 is 66.6. The first-order valence-electron chi connectivity index (χ1n) is 6.46. The number of nitrogens with zero attached hydrogens (tertiary/aromatic N) is 1. The monoisotopic (exact) mass is 323 g/mol. The van der Waals surface area contributed by atoms with Crippen molar-refractivity contribution >= 4 is 15.9 Å². The summed E-state index contributed by atoms with van der Waals surface area (Å²) in [4.78, 5) is 0. The highest BCUT2D eigenvalue weighted by Gasteiger charge is 2.28. The summed E-state index contributed by atoms with van der Waals surface area (Å²) in [6.07, 6.45) is 1.22. The zero-order chi connectivity index (χ0) is 15.6. The molecule has 118 valence electrons. The number of benzene rings is 1. The molecule has 0 bridgehead atoms. The Bertz CT molecular complexity index is 616. The lowest BCUT2D eigenvalue weighted by Crippen LogP contribution is -2.42. The Balaban J connectivity index is 2.13. The zero-order valence-corrected chi connectivity index (χ0v) is 12.0. The van der Waals surface area contributed by atoms with Crippen LogP contribution < -0.4 is 10.5 Å². The van der Waals surface area contributed by atoms with Crippen molar-refractivity contribution in [3.05, 3.63) is 29.6 Å². The number of hydrogen-bond acceptors (Lipinski definition) is 3. The van der Waals surface area contributed by atoms with Gasteiger partial charge in [0.15, 0.2) is 11.6 Å². The van der Waals surface area contributed by atoms with E-state index in [9.17, 15) is 21.6 Å². The smallest absolute Gasteiger partial charge is 0.301 e. The van der Waals surface area contributed by atoms with Crippen molar-refractivity contribution < 1.29 is 21.6 Å². The fourth-order valence-electron chi connectivity index (χ4n) is 2.19. The van der Waals surface area contributed by atoms with Crippen LogP contribution in [-0.2, 0) is 10.2 Å². The van der Waals surface area contributed by atoms with Gasteiger partial charge in [0.2, 0.25) is 0 Å². The molecule has 1 saturated heterocycles. The Morgan fingerprint density at radius 1 is 1.14 bits per heavy atom. The van der Waals surface area contributed by atoms with Gasteiger partial charge in [-0.2, -0.15) is 12.7 Å². The van der Waals surface area contributed by atoms with Gasteiger partial charge in [0.05, 0.1) is 5.69 Å². The fourth-order valence-corrected chi connectivity index (χ4v) is 3.44. The number of nitrogens with two attached hydrogens (primary N) is 1. The van der Waals surface area contributed by atoms with Gasteiger partial charge >= 0.3 is 10.2 Å². The molecule has 0 spiro atoms. The SMILES string of the molecule is NCC1CCN(S(=O)(=O)Nc2cc(F)c(F)cc2F)CC1. The van der Waals surface area contributed by atoms with Crippen molar-refractivity contribution in [2.45, 2.75) is 12.8 Å². The Labute approximate surface area is 121 Å². The lowest BCUT2D eigenvalue weighted by atomic mass is 9.99. The Morgan fingerprint density at radius 2 is 1.71 bits per heavy atom. The highest BCUT2D eigenvalue weighted by molar-refractivity contribution is 7.90. The third-order valence-corrected chi connectivity index (χ3v) is 5.02. The first kappa shape index (κ1) is 16.1. The molecule has 5 nitrogen and oxygen atoms in total. The van der Waals surface area contributed by atoms with E-state index in [1.165, 1.54) is 0 Å². The Hall–Kier alpha value is -1.32. The van der Waals surface area contributed by atoms with Crippen LogP contribution in [0.1, 0.15) is 12.8 Å². The molecule has 0 atom stereocenters. The minimum absolute atomic E-state index is 0.252. The Kier molecular flexibility index (Phi) is 4.74. The fraction of sp³-hybridized carbons (Fsp3) is 0.500.